The molecule has 3 rings (SSSR count). The number of hydrogen-bond donors (Lipinski definition) is 1. The van der Waals surface area contributed by atoms with E-state index in [0.29, 0.717) is 21.7 Å². The molecule has 1 aromatic carbocycles. The average molecular weight is 346 g/mol. The first-order valence-electron chi connectivity index (χ1n) is 5.98. The summed E-state index contributed by atoms with van der Waals surface area (Å²) in [6.07, 6.45) is 0. The first-order chi connectivity index (χ1) is 9.99. The number of fused-ring (bicyclic) bond motifs is 1. The molecule has 1 amide bonds. The van der Waals surface area contributed by atoms with Gasteiger partial charge in [-0.1, -0.05) is 11.6 Å². The Hall–Kier alpha value is -1.31. The van der Waals surface area contributed by atoms with Crippen LogP contribution in [0.2, 0.25) is 5.02 Å². The Morgan fingerprint density at radius 1 is 1.43 bits per heavy atom. The molecule has 21 heavy (non-hydrogen) atoms. The van der Waals surface area contributed by atoms with Crippen molar-refractivity contribution >= 4 is 56.7 Å². The van der Waals surface area contributed by atoms with Crippen molar-refractivity contribution in [1.29, 1.82) is 0 Å². The number of thioether (sulfide) groups is 1. The van der Waals surface area contributed by atoms with Crippen molar-refractivity contribution in [3.8, 4) is 0 Å². The van der Waals surface area contributed by atoms with E-state index in [9.17, 15) is 14.0 Å². The van der Waals surface area contributed by atoms with Gasteiger partial charge in [0.15, 0.2) is 0 Å². The highest BCUT2D eigenvalue weighted by Gasteiger charge is 2.36. The van der Waals surface area contributed by atoms with Gasteiger partial charge in [-0.25, -0.2) is 9.18 Å². The smallest absolute Gasteiger partial charge is 0.327 e. The molecule has 2 aromatic rings. The SMILES string of the molecule is O=C(O)[C@@H]1CSCN1C(=O)c1sc2cc(F)ccc2c1Cl. The summed E-state index contributed by atoms with van der Waals surface area (Å²) < 4.78 is 13.8. The minimum absolute atomic E-state index is 0.251. The van der Waals surface area contributed by atoms with Crippen molar-refractivity contribution in [3.63, 3.8) is 0 Å². The van der Waals surface area contributed by atoms with E-state index in [1.54, 1.807) is 0 Å². The van der Waals surface area contributed by atoms with Gasteiger partial charge in [0.1, 0.15) is 16.7 Å². The molecule has 110 valence electrons. The Morgan fingerprint density at radius 2 is 2.19 bits per heavy atom. The van der Waals surface area contributed by atoms with Gasteiger partial charge < -0.3 is 10.0 Å². The molecule has 0 saturated carbocycles. The number of carboxylic acid groups (broad SMARTS) is 1. The highest BCUT2D eigenvalue weighted by atomic mass is 35.5. The fraction of sp³-hybridized carbons (Fsp3) is 0.231. The van der Waals surface area contributed by atoms with Gasteiger partial charge in [-0.3, -0.25) is 4.79 Å². The third kappa shape index (κ3) is 2.49. The molecular weight excluding hydrogens is 337 g/mol. The summed E-state index contributed by atoms with van der Waals surface area (Å²) in [5.41, 5.74) is 0. The number of thiophene rings is 1. The number of carbonyl (C=O) groups is 2. The minimum Gasteiger partial charge on any atom is -0.480 e. The van der Waals surface area contributed by atoms with E-state index in [0.717, 1.165) is 11.3 Å². The normalized spacial score (nSPS) is 18.4. The number of nitrogens with zero attached hydrogens (tertiary/aromatic N) is 1. The minimum atomic E-state index is -1.03. The molecule has 0 aliphatic carbocycles. The van der Waals surface area contributed by atoms with Crippen LogP contribution < -0.4 is 0 Å². The molecule has 1 fully saturated rings. The quantitative estimate of drug-likeness (QED) is 0.907. The van der Waals surface area contributed by atoms with Gasteiger partial charge in [-0.2, -0.15) is 0 Å². The van der Waals surface area contributed by atoms with Crippen LogP contribution in [0.15, 0.2) is 18.2 Å². The highest BCUT2D eigenvalue weighted by Crippen LogP contribution is 2.37. The van der Waals surface area contributed by atoms with Gasteiger partial charge in [-0.05, 0) is 18.2 Å². The zero-order valence-corrected chi connectivity index (χ0v) is 12.9. The monoisotopic (exact) mass is 345 g/mol. The highest BCUT2D eigenvalue weighted by molar-refractivity contribution is 7.99. The molecule has 1 aliphatic rings. The molecule has 0 radical (unpaired) electrons. The lowest BCUT2D eigenvalue weighted by Crippen LogP contribution is -2.41. The van der Waals surface area contributed by atoms with Gasteiger partial charge in [-0.15, -0.1) is 23.1 Å². The topological polar surface area (TPSA) is 57.6 Å². The van der Waals surface area contributed by atoms with Crippen molar-refractivity contribution in [3.05, 3.63) is 33.9 Å². The molecule has 1 aromatic heterocycles. The molecular formula is C13H9ClFNO3S2. The second kappa shape index (κ2) is 5.47. The number of amides is 1. The molecule has 1 N–H and O–H groups in total. The van der Waals surface area contributed by atoms with E-state index in [2.05, 4.69) is 0 Å². The Morgan fingerprint density at radius 3 is 2.90 bits per heavy atom. The summed E-state index contributed by atoms with van der Waals surface area (Å²) in [5, 5.41) is 9.99. The summed E-state index contributed by atoms with van der Waals surface area (Å²) in [6.45, 7) is 0. The van der Waals surface area contributed by atoms with E-state index in [4.69, 9.17) is 16.7 Å². The fourth-order valence-corrected chi connectivity index (χ4v) is 4.79. The second-order valence-electron chi connectivity index (χ2n) is 4.51. The first kappa shape index (κ1) is 14.6. The number of halogens is 2. The van der Waals surface area contributed by atoms with Gasteiger partial charge in [0.05, 0.1) is 10.9 Å². The Balaban J connectivity index is 2.02. The first-order valence-corrected chi connectivity index (χ1v) is 8.33. The van der Waals surface area contributed by atoms with Crippen LogP contribution in [-0.4, -0.2) is 39.6 Å². The lowest BCUT2D eigenvalue weighted by molar-refractivity contribution is -0.140. The summed E-state index contributed by atoms with van der Waals surface area (Å²) >= 11 is 8.66. The second-order valence-corrected chi connectivity index (χ2v) is 6.94. The number of carboxylic acids is 1. The standard InChI is InChI=1S/C13H9ClFNO3S2/c14-10-7-2-1-6(15)3-9(7)21-11(10)12(17)16-5-20-4-8(16)13(18)19/h1-3,8H,4-5H2,(H,18,19)/t8-/m0/s1. The Labute approximate surface area is 132 Å². The lowest BCUT2D eigenvalue weighted by Gasteiger charge is -2.19. The number of carbonyl (C=O) groups excluding carboxylic acids is 1. The molecule has 2 heterocycles. The summed E-state index contributed by atoms with van der Waals surface area (Å²) in [5.74, 6) is -1.18. The van der Waals surface area contributed by atoms with Crippen molar-refractivity contribution in [2.45, 2.75) is 6.04 Å². The van der Waals surface area contributed by atoms with E-state index >= 15 is 0 Å². The third-order valence-corrected chi connectivity index (χ3v) is 5.87. The number of aliphatic carboxylic acids is 1. The van der Waals surface area contributed by atoms with Crippen molar-refractivity contribution in [2.75, 3.05) is 11.6 Å². The summed E-state index contributed by atoms with van der Waals surface area (Å²) in [4.78, 5) is 25.2. The van der Waals surface area contributed by atoms with Crippen LogP contribution in [0.1, 0.15) is 9.67 Å². The molecule has 1 saturated heterocycles. The van der Waals surface area contributed by atoms with Crippen molar-refractivity contribution in [2.24, 2.45) is 0 Å². The molecule has 4 nitrogen and oxygen atoms in total. The number of hydrogen-bond acceptors (Lipinski definition) is 4. The zero-order chi connectivity index (χ0) is 15.1. The van der Waals surface area contributed by atoms with E-state index in [-0.39, 0.29) is 9.90 Å². The Bertz CT molecular complexity index is 748. The van der Waals surface area contributed by atoms with Crippen molar-refractivity contribution in [1.82, 2.24) is 4.90 Å². The molecule has 0 unspecified atom stereocenters. The van der Waals surface area contributed by atoms with Crippen LogP contribution in [0.5, 0.6) is 0 Å². The van der Waals surface area contributed by atoms with Gasteiger partial charge in [0.2, 0.25) is 0 Å². The lowest BCUT2D eigenvalue weighted by atomic mass is 10.2. The number of rotatable bonds is 2. The Kier molecular flexibility index (Phi) is 3.81. The number of benzene rings is 1. The van der Waals surface area contributed by atoms with Crippen LogP contribution >= 0.6 is 34.7 Å². The molecule has 8 heteroatoms. The molecule has 0 spiro atoms. The summed E-state index contributed by atoms with van der Waals surface area (Å²) in [6, 6.07) is 3.27. The third-order valence-electron chi connectivity index (χ3n) is 3.21. The zero-order valence-electron chi connectivity index (χ0n) is 10.5. The van der Waals surface area contributed by atoms with Crippen LogP contribution in [0, 0.1) is 5.82 Å². The molecule has 1 aliphatic heterocycles. The largest absolute Gasteiger partial charge is 0.480 e. The fourth-order valence-electron chi connectivity index (χ4n) is 2.15. The van der Waals surface area contributed by atoms with Crippen molar-refractivity contribution < 1.29 is 19.1 Å². The van der Waals surface area contributed by atoms with Gasteiger partial charge in [0.25, 0.3) is 5.91 Å². The van der Waals surface area contributed by atoms with Crippen LogP contribution in [0.25, 0.3) is 10.1 Å². The van der Waals surface area contributed by atoms with E-state index in [1.807, 2.05) is 0 Å². The van der Waals surface area contributed by atoms with Crippen LogP contribution in [0.4, 0.5) is 4.39 Å². The predicted molar refractivity (Wildman–Crippen MR) is 81.7 cm³/mol. The van der Waals surface area contributed by atoms with Crippen LogP contribution in [-0.2, 0) is 4.79 Å². The maximum absolute atomic E-state index is 13.2. The summed E-state index contributed by atoms with van der Waals surface area (Å²) in [7, 11) is 0. The van der Waals surface area contributed by atoms with Gasteiger partial charge >= 0.3 is 5.97 Å². The van der Waals surface area contributed by atoms with Gasteiger partial charge in [0, 0.05) is 15.8 Å². The average Bonchev–Trinajstić information content (AvgIpc) is 3.03. The van der Waals surface area contributed by atoms with Crippen LogP contribution in [0.3, 0.4) is 0 Å². The maximum atomic E-state index is 13.2. The van der Waals surface area contributed by atoms with E-state index < -0.39 is 23.7 Å². The van der Waals surface area contributed by atoms with E-state index in [1.165, 1.54) is 34.9 Å². The predicted octanol–water partition coefficient (Wildman–Crippen LogP) is 3.29. The maximum Gasteiger partial charge on any atom is 0.327 e. The molecule has 1 atom stereocenters. The molecule has 0 bridgehead atoms.